The van der Waals surface area contributed by atoms with E-state index >= 15 is 0 Å². The average Bonchev–Trinajstić information content (AvgIpc) is 2.74. The number of hydrogen-bond acceptors (Lipinski definition) is 4. The van der Waals surface area contributed by atoms with Crippen molar-refractivity contribution < 1.29 is 14.6 Å². The van der Waals surface area contributed by atoms with Crippen LogP contribution in [0.5, 0.6) is 11.5 Å². The third-order valence-corrected chi connectivity index (χ3v) is 5.51. The maximum atomic E-state index is 12.8. The second-order valence-electron chi connectivity index (χ2n) is 7.56. The maximum absolute atomic E-state index is 12.8. The maximum Gasteiger partial charge on any atom is 0.294 e. The van der Waals surface area contributed by atoms with Crippen molar-refractivity contribution in [2.24, 2.45) is 5.92 Å². The van der Waals surface area contributed by atoms with Crippen molar-refractivity contribution in [2.45, 2.75) is 26.8 Å². The molecule has 0 fully saturated rings. The molecule has 2 N–H and O–H groups in total. The predicted octanol–water partition coefficient (Wildman–Crippen LogP) is 4.87. The number of nitrogens with one attached hydrogen (secondary N) is 1. The number of hydrogen-bond donors (Lipinski definition) is 2. The fourth-order valence-electron chi connectivity index (χ4n) is 3.31. The first-order chi connectivity index (χ1) is 14.8. The van der Waals surface area contributed by atoms with Gasteiger partial charge in [-0.3, -0.25) is 9.59 Å². The molecule has 1 aromatic heterocycles. The molecule has 31 heavy (non-hydrogen) atoms. The van der Waals surface area contributed by atoms with Gasteiger partial charge in [0.15, 0.2) is 5.75 Å². The summed E-state index contributed by atoms with van der Waals surface area (Å²) < 4.78 is 7.11. The normalized spacial score (nSPS) is 11.1. The Morgan fingerprint density at radius 1 is 1.16 bits per heavy atom. The van der Waals surface area contributed by atoms with E-state index in [0.717, 1.165) is 0 Å². The Hall–Kier alpha value is -2.70. The molecule has 0 unspecified atom stereocenters. The van der Waals surface area contributed by atoms with E-state index in [4.69, 9.17) is 27.9 Å². The molecule has 0 bridgehead atoms. The molecule has 3 rings (SSSR count). The molecule has 0 saturated carbocycles. The highest BCUT2D eigenvalue weighted by Crippen LogP contribution is 2.31. The average molecular weight is 463 g/mol. The first kappa shape index (κ1) is 23.0. The van der Waals surface area contributed by atoms with Crippen LogP contribution in [0.2, 0.25) is 10.0 Å². The highest BCUT2D eigenvalue weighted by atomic mass is 35.5. The van der Waals surface area contributed by atoms with Gasteiger partial charge in [0, 0.05) is 18.5 Å². The van der Waals surface area contributed by atoms with Crippen molar-refractivity contribution in [1.29, 1.82) is 0 Å². The summed E-state index contributed by atoms with van der Waals surface area (Å²) in [6, 6.07) is 12.2. The van der Waals surface area contributed by atoms with Gasteiger partial charge in [0.1, 0.15) is 10.8 Å². The Bertz CT molecular complexity index is 1160. The number of carbonyl (C=O) groups is 1. The van der Waals surface area contributed by atoms with Crippen LogP contribution >= 0.6 is 23.2 Å². The fourth-order valence-corrected chi connectivity index (χ4v) is 3.65. The Kier molecular flexibility index (Phi) is 7.46. The standard InChI is InChI=1S/C23H24Cl2N2O4/c1-14(2)13-27-17-9-4-3-7-15(17)19(21(28)23(27)30)22(29)26-11-6-12-31-18-10-5-8-16(24)20(18)25/h3-5,7-10,14,28H,6,11-13H2,1-2H3,(H,26,29). The van der Waals surface area contributed by atoms with E-state index in [1.165, 1.54) is 4.57 Å². The highest BCUT2D eigenvalue weighted by molar-refractivity contribution is 6.42. The van der Waals surface area contributed by atoms with Crippen LogP contribution in [0.4, 0.5) is 0 Å². The number of aromatic nitrogens is 1. The largest absolute Gasteiger partial charge is 0.502 e. The second-order valence-corrected chi connectivity index (χ2v) is 8.35. The quantitative estimate of drug-likeness (QED) is 0.468. The minimum atomic E-state index is -0.573. The number of aromatic hydroxyl groups is 1. The van der Waals surface area contributed by atoms with Gasteiger partial charge >= 0.3 is 0 Å². The molecule has 0 aliphatic carbocycles. The lowest BCUT2D eigenvalue weighted by Crippen LogP contribution is -2.30. The second kappa shape index (κ2) is 10.1. The first-order valence-electron chi connectivity index (χ1n) is 10.0. The van der Waals surface area contributed by atoms with E-state index in [0.29, 0.717) is 52.8 Å². The first-order valence-corrected chi connectivity index (χ1v) is 10.8. The van der Waals surface area contributed by atoms with Crippen molar-refractivity contribution in [3.05, 3.63) is 68.4 Å². The molecular formula is C23H24Cl2N2O4. The summed E-state index contributed by atoms with van der Waals surface area (Å²) in [5.41, 5.74) is 0.0268. The molecule has 3 aromatic rings. The van der Waals surface area contributed by atoms with Crippen molar-refractivity contribution in [1.82, 2.24) is 9.88 Å². The zero-order chi connectivity index (χ0) is 22.5. The summed E-state index contributed by atoms with van der Waals surface area (Å²) in [5.74, 6) is -0.381. The summed E-state index contributed by atoms with van der Waals surface area (Å²) in [7, 11) is 0. The van der Waals surface area contributed by atoms with Crippen LogP contribution in [-0.4, -0.2) is 28.7 Å². The summed E-state index contributed by atoms with van der Waals surface area (Å²) in [4.78, 5) is 25.5. The number of benzene rings is 2. The van der Waals surface area contributed by atoms with Crippen LogP contribution < -0.4 is 15.6 Å². The Morgan fingerprint density at radius 2 is 1.90 bits per heavy atom. The molecule has 164 valence electrons. The molecule has 1 amide bonds. The van der Waals surface area contributed by atoms with E-state index in [1.807, 2.05) is 13.8 Å². The molecule has 2 aromatic carbocycles. The smallest absolute Gasteiger partial charge is 0.294 e. The lowest BCUT2D eigenvalue weighted by molar-refractivity contribution is 0.0950. The topological polar surface area (TPSA) is 80.6 Å². The van der Waals surface area contributed by atoms with E-state index in [1.54, 1.807) is 42.5 Å². The van der Waals surface area contributed by atoms with Gasteiger partial charge in [0.25, 0.3) is 11.5 Å². The van der Waals surface area contributed by atoms with Gasteiger partial charge in [0.2, 0.25) is 0 Å². The van der Waals surface area contributed by atoms with E-state index in [2.05, 4.69) is 5.32 Å². The van der Waals surface area contributed by atoms with Gasteiger partial charge in [-0.1, -0.05) is 61.3 Å². The number of carbonyl (C=O) groups excluding carboxylic acids is 1. The molecular weight excluding hydrogens is 439 g/mol. The van der Waals surface area contributed by atoms with Gasteiger partial charge in [0.05, 0.1) is 22.7 Å². The van der Waals surface area contributed by atoms with E-state index in [-0.39, 0.29) is 11.5 Å². The number of amides is 1. The Balaban J connectivity index is 1.72. The predicted molar refractivity (Wildman–Crippen MR) is 124 cm³/mol. The number of rotatable bonds is 8. The van der Waals surface area contributed by atoms with Crippen molar-refractivity contribution in [3.63, 3.8) is 0 Å². The monoisotopic (exact) mass is 462 g/mol. The number of fused-ring (bicyclic) bond motifs is 1. The summed E-state index contributed by atoms with van der Waals surface area (Å²) in [6.07, 6.45) is 0.498. The molecule has 0 atom stereocenters. The molecule has 0 aliphatic rings. The van der Waals surface area contributed by atoms with E-state index < -0.39 is 17.2 Å². The van der Waals surface area contributed by atoms with Crippen LogP contribution in [0, 0.1) is 5.92 Å². The number of nitrogens with zero attached hydrogens (tertiary/aromatic N) is 1. The highest BCUT2D eigenvalue weighted by Gasteiger charge is 2.21. The molecule has 0 aliphatic heterocycles. The SMILES string of the molecule is CC(C)Cn1c(=O)c(O)c(C(=O)NCCCOc2cccc(Cl)c2Cl)c2ccccc21. The molecule has 1 heterocycles. The van der Waals surface area contributed by atoms with Crippen LogP contribution in [0.3, 0.4) is 0 Å². The summed E-state index contributed by atoms with van der Waals surface area (Å²) in [5, 5.41) is 14.5. The number of para-hydroxylation sites is 1. The third-order valence-electron chi connectivity index (χ3n) is 4.70. The molecule has 0 radical (unpaired) electrons. The van der Waals surface area contributed by atoms with Crippen molar-refractivity contribution in [2.75, 3.05) is 13.2 Å². The Labute approximate surface area is 190 Å². The molecule has 0 saturated heterocycles. The Morgan fingerprint density at radius 3 is 2.65 bits per heavy atom. The van der Waals surface area contributed by atoms with Crippen LogP contribution in [-0.2, 0) is 6.54 Å². The molecule has 6 nitrogen and oxygen atoms in total. The van der Waals surface area contributed by atoms with Gasteiger partial charge in [-0.25, -0.2) is 0 Å². The lowest BCUT2D eigenvalue weighted by Gasteiger charge is -2.16. The van der Waals surface area contributed by atoms with Crippen molar-refractivity contribution >= 4 is 40.0 Å². The van der Waals surface area contributed by atoms with Gasteiger partial charge in [-0.2, -0.15) is 0 Å². The minimum absolute atomic E-state index is 0.0144. The van der Waals surface area contributed by atoms with Crippen molar-refractivity contribution in [3.8, 4) is 11.5 Å². The molecule has 0 spiro atoms. The number of halogens is 2. The lowest BCUT2D eigenvalue weighted by atomic mass is 10.1. The number of pyridine rings is 1. The zero-order valence-corrected chi connectivity index (χ0v) is 18.8. The van der Waals surface area contributed by atoms with Crippen LogP contribution in [0.1, 0.15) is 30.6 Å². The summed E-state index contributed by atoms with van der Waals surface area (Å²) in [6.45, 7) is 5.01. The third kappa shape index (κ3) is 5.14. The van der Waals surface area contributed by atoms with Gasteiger partial charge in [-0.05, 0) is 30.5 Å². The summed E-state index contributed by atoms with van der Waals surface area (Å²) >= 11 is 12.0. The number of ether oxygens (including phenoxy) is 1. The van der Waals surface area contributed by atoms with Crippen LogP contribution in [0.15, 0.2) is 47.3 Å². The molecule has 8 heteroatoms. The minimum Gasteiger partial charge on any atom is -0.502 e. The van der Waals surface area contributed by atoms with E-state index in [9.17, 15) is 14.7 Å². The zero-order valence-electron chi connectivity index (χ0n) is 17.3. The van der Waals surface area contributed by atoms with Gasteiger partial charge in [-0.15, -0.1) is 0 Å². The fraction of sp³-hybridized carbons (Fsp3) is 0.304. The van der Waals surface area contributed by atoms with Gasteiger partial charge < -0.3 is 19.7 Å². The van der Waals surface area contributed by atoms with Crippen LogP contribution in [0.25, 0.3) is 10.9 Å².